The SMILES string of the molecule is CCC(N)Cc1cccc2ccn(CC3CCOCC3)c12. The predicted molar refractivity (Wildman–Crippen MR) is 87.5 cm³/mol. The lowest BCUT2D eigenvalue weighted by molar-refractivity contribution is 0.0616. The molecule has 1 aromatic carbocycles. The summed E-state index contributed by atoms with van der Waals surface area (Å²) in [5, 5.41) is 1.34. The first-order valence-electron chi connectivity index (χ1n) is 8.18. The van der Waals surface area contributed by atoms with Crippen molar-refractivity contribution in [2.45, 2.75) is 45.2 Å². The number of benzene rings is 1. The highest BCUT2D eigenvalue weighted by Crippen LogP contribution is 2.25. The predicted octanol–water partition coefficient (Wildman–Crippen LogP) is 3.35. The second-order valence-corrected chi connectivity index (χ2v) is 6.25. The molecular formula is C18H26N2O. The molecule has 2 N–H and O–H groups in total. The summed E-state index contributed by atoms with van der Waals surface area (Å²) in [7, 11) is 0. The topological polar surface area (TPSA) is 40.2 Å². The Morgan fingerprint density at radius 3 is 2.86 bits per heavy atom. The molecule has 0 saturated carbocycles. The molecule has 114 valence electrons. The molecule has 1 unspecified atom stereocenters. The van der Waals surface area contributed by atoms with Gasteiger partial charge in [-0.05, 0) is 48.6 Å². The van der Waals surface area contributed by atoms with Crippen LogP contribution >= 0.6 is 0 Å². The second kappa shape index (κ2) is 6.63. The third-order valence-electron chi connectivity index (χ3n) is 4.67. The van der Waals surface area contributed by atoms with E-state index in [4.69, 9.17) is 10.5 Å². The zero-order valence-corrected chi connectivity index (χ0v) is 12.9. The van der Waals surface area contributed by atoms with Crippen LogP contribution in [0.2, 0.25) is 0 Å². The van der Waals surface area contributed by atoms with E-state index in [9.17, 15) is 0 Å². The van der Waals surface area contributed by atoms with Crippen molar-refractivity contribution < 1.29 is 4.74 Å². The monoisotopic (exact) mass is 286 g/mol. The number of nitrogens with zero attached hydrogens (tertiary/aromatic N) is 1. The van der Waals surface area contributed by atoms with Gasteiger partial charge < -0.3 is 15.0 Å². The van der Waals surface area contributed by atoms with Gasteiger partial charge in [0.15, 0.2) is 0 Å². The first kappa shape index (κ1) is 14.6. The molecule has 0 spiro atoms. The Morgan fingerprint density at radius 1 is 1.29 bits per heavy atom. The molecule has 3 heteroatoms. The van der Waals surface area contributed by atoms with Gasteiger partial charge in [0.25, 0.3) is 0 Å². The summed E-state index contributed by atoms with van der Waals surface area (Å²) in [4.78, 5) is 0. The average molecular weight is 286 g/mol. The van der Waals surface area contributed by atoms with Crippen LogP contribution in [0.4, 0.5) is 0 Å². The molecule has 0 bridgehead atoms. The maximum absolute atomic E-state index is 6.17. The molecule has 0 amide bonds. The van der Waals surface area contributed by atoms with Gasteiger partial charge in [-0.25, -0.2) is 0 Å². The maximum atomic E-state index is 6.17. The van der Waals surface area contributed by atoms with Gasteiger partial charge >= 0.3 is 0 Å². The van der Waals surface area contributed by atoms with Gasteiger partial charge in [-0.2, -0.15) is 0 Å². The molecule has 1 aliphatic rings. The van der Waals surface area contributed by atoms with Gasteiger partial charge in [0.2, 0.25) is 0 Å². The minimum Gasteiger partial charge on any atom is -0.381 e. The molecule has 0 aliphatic carbocycles. The average Bonchev–Trinajstić information content (AvgIpc) is 2.92. The van der Waals surface area contributed by atoms with Crippen molar-refractivity contribution >= 4 is 10.9 Å². The largest absolute Gasteiger partial charge is 0.381 e. The van der Waals surface area contributed by atoms with Crippen LogP contribution in [0.15, 0.2) is 30.5 Å². The highest BCUT2D eigenvalue weighted by molar-refractivity contribution is 5.83. The van der Waals surface area contributed by atoms with E-state index in [1.807, 2.05) is 0 Å². The lowest BCUT2D eigenvalue weighted by Gasteiger charge is -2.23. The first-order valence-corrected chi connectivity index (χ1v) is 8.18. The summed E-state index contributed by atoms with van der Waals surface area (Å²) in [5.41, 5.74) is 8.94. The fraction of sp³-hybridized carbons (Fsp3) is 0.556. The van der Waals surface area contributed by atoms with Crippen LogP contribution < -0.4 is 5.73 Å². The third-order valence-corrected chi connectivity index (χ3v) is 4.67. The van der Waals surface area contributed by atoms with Crippen molar-refractivity contribution in [2.24, 2.45) is 11.7 Å². The van der Waals surface area contributed by atoms with Crippen LogP contribution in [-0.4, -0.2) is 23.8 Å². The highest BCUT2D eigenvalue weighted by atomic mass is 16.5. The Kier molecular flexibility index (Phi) is 4.61. The van der Waals surface area contributed by atoms with E-state index in [0.717, 1.165) is 38.5 Å². The van der Waals surface area contributed by atoms with E-state index in [2.05, 4.69) is 42.0 Å². The normalized spacial score (nSPS) is 18.2. The van der Waals surface area contributed by atoms with E-state index < -0.39 is 0 Å². The van der Waals surface area contributed by atoms with Crippen LogP contribution in [0.5, 0.6) is 0 Å². The maximum Gasteiger partial charge on any atom is 0.0513 e. The molecule has 21 heavy (non-hydrogen) atoms. The second-order valence-electron chi connectivity index (χ2n) is 6.25. The molecule has 1 saturated heterocycles. The number of para-hydroxylation sites is 1. The smallest absolute Gasteiger partial charge is 0.0513 e. The molecule has 1 fully saturated rings. The zero-order chi connectivity index (χ0) is 14.7. The van der Waals surface area contributed by atoms with Crippen molar-refractivity contribution in [1.82, 2.24) is 4.57 Å². The standard InChI is InChI=1S/C18H26N2O/c1-2-17(19)12-16-5-3-4-15-6-9-20(18(15)16)13-14-7-10-21-11-8-14/h3-6,9,14,17H,2,7-8,10-13,19H2,1H3. The van der Waals surface area contributed by atoms with Crippen molar-refractivity contribution in [3.63, 3.8) is 0 Å². The summed E-state index contributed by atoms with van der Waals surface area (Å²) in [6.07, 6.45) is 6.58. The molecule has 2 aromatic rings. The van der Waals surface area contributed by atoms with Gasteiger partial charge in [0.05, 0.1) is 5.52 Å². The highest BCUT2D eigenvalue weighted by Gasteiger charge is 2.16. The van der Waals surface area contributed by atoms with E-state index in [0.29, 0.717) is 0 Å². The molecule has 3 rings (SSSR count). The van der Waals surface area contributed by atoms with Gasteiger partial charge in [0, 0.05) is 32.0 Å². The number of aromatic nitrogens is 1. The number of ether oxygens (including phenoxy) is 1. The minimum atomic E-state index is 0.252. The van der Waals surface area contributed by atoms with Gasteiger partial charge in [-0.3, -0.25) is 0 Å². The van der Waals surface area contributed by atoms with Crippen LogP contribution in [0.3, 0.4) is 0 Å². The quantitative estimate of drug-likeness (QED) is 0.915. The Balaban J connectivity index is 1.87. The number of nitrogens with two attached hydrogens (primary N) is 1. The summed E-state index contributed by atoms with van der Waals surface area (Å²) >= 11 is 0. The van der Waals surface area contributed by atoms with Crippen molar-refractivity contribution in [2.75, 3.05) is 13.2 Å². The number of hydrogen-bond donors (Lipinski definition) is 1. The number of hydrogen-bond acceptors (Lipinski definition) is 2. The third kappa shape index (κ3) is 3.30. The Labute approximate surface area is 127 Å². The first-order chi connectivity index (χ1) is 10.3. The fourth-order valence-electron chi connectivity index (χ4n) is 3.29. The molecule has 2 heterocycles. The summed E-state index contributed by atoms with van der Waals surface area (Å²) in [5.74, 6) is 0.738. The summed E-state index contributed by atoms with van der Waals surface area (Å²) in [6.45, 7) is 5.09. The van der Waals surface area contributed by atoms with Crippen molar-refractivity contribution in [1.29, 1.82) is 0 Å². The van der Waals surface area contributed by atoms with Crippen molar-refractivity contribution in [3.8, 4) is 0 Å². The Bertz CT molecular complexity index is 584. The summed E-state index contributed by atoms with van der Waals surface area (Å²) < 4.78 is 7.91. The lowest BCUT2D eigenvalue weighted by Crippen LogP contribution is -2.22. The van der Waals surface area contributed by atoms with E-state index in [-0.39, 0.29) is 6.04 Å². The fourth-order valence-corrected chi connectivity index (χ4v) is 3.29. The number of fused-ring (bicyclic) bond motifs is 1. The van der Waals surface area contributed by atoms with Crippen molar-refractivity contribution in [3.05, 3.63) is 36.0 Å². The van der Waals surface area contributed by atoms with E-state index in [1.54, 1.807) is 0 Å². The van der Waals surface area contributed by atoms with Gasteiger partial charge in [0.1, 0.15) is 0 Å². The van der Waals surface area contributed by atoms with Crippen LogP contribution in [0.1, 0.15) is 31.7 Å². The van der Waals surface area contributed by atoms with Crippen LogP contribution in [-0.2, 0) is 17.7 Å². The Hall–Kier alpha value is -1.32. The molecule has 3 nitrogen and oxygen atoms in total. The number of rotatable bonds is 5. The molecular weight excluding hydrogens is 260 g/mol. The van der Waals surface area contributed by atoms with E-state index >= 15 is 0 Å². The summed E-state index contributed by atoms with van der Waals surface area (Å²) in [6, 6.07) is 9.07. The molecule has 1 aliphatic heterocycles. The van der Waals surface area contributed by atoms with Gasteiger partial charge in [-0.15, -0.1) is 0 Å². The lowest BCUT2D eigenvalue weighted by atomic mass is 9.99. The van der Waals surface area contributed by atoms with Gasteiger partial charge in [-0.1, -0.05) is 25.1 Å². The minimum absolute atomic E-state index is 0.252. The Morgan fingerprint density at radius 2 is 2.10 bits per heavy atom. The molecule has 1 atom stereocenters. The zero-order valence-electron chi connectivity index (χ0n) is 12.9. The van der Waals surface area contributed by atoms with Crippen LogP contribution in [0, 0.1) is 5.92 Å². The van der Waals surface area contributed by atoms with E-state index in [1.165, 1.54) is 29.3 Å². The van der Waals surface area contributed by atoms with Crippen LogP contribution in [0.25, 0.3) is 10.9 Å². The molecule has 1 aromatic heterocycles. The molecule has 0 radical (unpaired) electrons.